The Morgan fingerprint density at radius 2 is 1.60 bits per heavy atom. The molecule has 1 aromatic heterocycles. The van der Waals surface area contributed by atoms with E-state index in [1.54, 1.807) is 5.06 Å². The smallest absolute Gasteiger partial charge is 0.437 e. The van der Waals surface area contributed by atoms with Gasteiger partial charge in [-0.05, 0) is 72.1 Å². The van der Waals surface area contributed by atoms with Gasteiger partial charge >= 0.3 is 22.5 Å². The van der Waals surface area contributed by atoms with Gasteiger partial charge in [0.25, 0.3) is 0 Å². The average Bonchev–Trinajstić information content (AvgIpc) is 3.57. The summed E-state index contributed by atoms with van der Waals surface area (Å²) in [7, 11) is -4.61. The molecule has 4 rings (SSSR count). The van der Waals surface area contributed by atoms with Crippen molar-refractivity contribution in [3.8, 4) is 0 Å². The lowest BCUT2D eigenvalue weighted by Gasteiger charge is -2.43. The quantitative estimate of drug-likeness (QED) is 0.150. The summed E-state index contributed by atoms with van der Waals surface area (Å²) in [5.74, 6) is 0.756. The van der Waals surface area contributed by atoms with Gasteiger partial charge < -0.3 is 19.4 Å². The Morgan fingerprint density at radius 1 is 0.958 bits per heavy atom. The van der Waals surface area contributed by atoms with Crippen molar-refractivity contribution in [2.24, 2.45) is 0 Å². The summed E-state index contributed by atoms with van der Waals surface area (Å²) >= 11 is 0. The molecule has 48 heavy (non-hydrogen) atoms. The number of unbranched alkanes of at least 4 members (excludes halogenated alkanes) is 3. The molecule has 1 aromatic rings. The van der Waals surface area contributed by atoms with Crippen molar-refractivity contribution in [1.29, 1.82) is 0 Å². The van der Waals surface area contributed by atoms with Crippen LogP contribution in [-0.4, -0.2) is 82.1 Å². The van der Waals surface area contributed by atoms with Crippen molar-refractivity contribution in [3.05, 3.63) is 11.8 Å². The van der Waals surface area contributed by atoms with E-state index < -0.39 is 45.7 Å². The summed E-state index contributed by atoms with van der Waals surface area (Å²) in [4.78, 5) is 27.2. The SMILES string of the molecule is CCCCN(OS(=O)(=O)ON1C(=O)N2C[C@@H]1CC[C@H]2c1nnc(C2CC(NC(=O)OC(C)(C)C)C2)o1)C(CCC)(CCCC)CCCC. The van der Waals surface area contributed by atoms with Crippen LogP contribution in [0.5, 0.6) is 0 Å². The number of nitrogens with one attached hydrogen (secondary N) is 1. The van der Waals surface area contributed by atoms with Gasteiger partial charge in [-0.2, -0.15) is 22.8 Å². The van der Waals surface area contributed by atoms with E-state index >= 15 is 0 Å². The number of amides is 3. The molecule has 0 unspecified atom stereocenters. The van der Waals surface area contributed by atoms with Crippen LogP contribution in [0.25, 0.3) is 0 Å². The number of nitrogens with zero attached hydrogens (tertiary/aromatic N) is 5. The van der Waals surface area contributed by atoms with Crippen LogP contribution in [0, 0.1) is 0 Å². The number of hydroxylamine groups is 4. The molecule has 3 heterocycles. The summed E-state index contributed by atoms with van der Waals surface area (Å²) < 4.78 is 49.8. The number of hydrogen-bond acceptors (Lipinski definition) is 11. The van der Waals surface area contributed by atoms with E-state index in [1.165, 1.54) is 4.90 Å². The summed E-state index contributed by atoms with van der Waals surface area (Å²) in [6.07, 6.45) is 10.8. The van der Waals surface area contributed by atoms with Crippen LogP contribution in [0.15, 0.2) is 4.42 Å². The van der Waals surface area contributed by atoms with Crippen LogP contribution in [0.2, 0.25) is 0 Å². The Labute approximate surface area is 286 Å². The second kappa shape index (κ2) is 16.5. The fraction of sp³-hybridized carbons (Fsp3) is 0.879. The van der Waals surface area contributed by atoms with Crippen LogP contribution in [-0.2, 0) is 23.7 Å². The molecule has 2 atom stereocenters. The van der Waals surface area contributed by atoms with Crippen LogP contribution in [0.4, 0.5) is 9.59 Å². The van der Waals surface area contributed by atoms with E-state index in [2.05, 4.69) is 43.2 Å². The normalized spacial score (nSPS) is 23.1. The van der Waals surface area contributed by atoms with Gasteiger partial charge in [0.05, 0.1) is 6.04 Å². The number of alkyl carbamates (subject to hydrolysis) is 1. The van der Waals surface area contributed by atoms with Gasteiger partial charge in [-0.3, -0.25) is 0 Å². The Morgan fingerprint density at radius 3 is 2.21 bits per heavy atom. The van der Waals surface area contributed by atoms with Crippen molar-refractivity contribution in [2.75, 3.05) is 13.1 Å². The maximum Gasteiger partial charge on any atom is 0.437 e. The molecule has 3 amide bonds. The number of piperidine rings is 1. The molecule has 0 aromatic carbocycles. The van der Waals surface area contributed by atoms with E-state index in [0.717, 1.165) is 69.3 Å². The number of carbonyl (C=O) groups is 2. The molecule has 2 aliphatic heterocycles. The molecule has 1 N–H and O–H groups in total. The molecule has 2 saturated heterocycles. The molecule has 3 aliphatic rings. The second-order valence-corrected chi connectivity index (χ2v) is 15.8. The lowest BCUT2D eigenvalue weighted by atomic mass is 9.80. The third-order valence-corrected chi connectivity index (χ3v) is 10.3. The first-order valence-corrected chi connectivity index (χ1v) is 19.4. The first-order chi connectivity index (χ1) is 22.7. The van der Waals surface area contributed by atoms with E-state index in [4.69, 9.17) is 17.7 Å². The standard InChI is InChI=1S/C33H58N6O8S/c1-8-12-18-33(17-11-4,19-13-9-2)38(20-14-10-3)46-48(42,43)47-39-26-15-16-27(37(23-26)31(39)41)29-36-35-28(44-29)24-21-25(22-24)34-30(40)45-32(5,6)7/h24-27H,8-23H2,1-7H3,(H,34,40)/t24?,25?,26-,27-/m0/s1. The minimum atomic E-state index is -4.61. The molecular weight excluding hydrogens is 640 g/mol. The van der Waals surface area contributed by atoms with Gasteiger partial charge in [0.15, 0.2) is 0 Å². The zero-order valence-electron chi connectivity index (χ0n) is 30.0. The molecule has 274 valence electrons. The highest BCUT2D eigenvalue weighted by Crippen LogP contribution is 2.42. The van der Waals surface area contributed by atoms with Gasteiger partial charge in [-0.25, -0.2) is 9.59 Å². The van der Waals surface area contributed by atoms with E-state index in [-0.39, 0.29) is 18.5 Å². The van der Waals surface area contributed by atoms with Gasteiger partial charge in [-0.15, -0.1) is 14.5 Å². The molecular formula is C33H58N6O8S. The summed E-state index contributed by atoms with van der Waals surface area (Å²) in [6.45, 7) is 14.6. The molecule has 2 bridgehead atoms. The van der Waals surface area contributed by atoms with Crippen molar-refractivity contribution >= 4 is 22.5 Å². The van der Waals surface area contributed by atoms with Crippen LogP contribution < -0.4 is 5.32 Å². The Hall–Kier alpha value is -2.49. The number of rotatable bonds is 19. The third kappa shape index (κ3) is 9.60. The minimum absolute atomic E-state index is 0.0101. The summed E-state index contributed by atoms with van der Waals surface area (Å²) in [5, 5.41) is 14.0. The predicted molar refractivity (Wildman–Crippen MR) is 179 cm³/mol. The minimum Gasteiger partial charge on any atom is -0.444 e. The van der Waals surface area contributed by atoms with Gasteiger partial charge in [-0.1, -0.05) is 66.2 Å². The number of fused-ring (bicyclic) bond motifs is 2. The topological polar surface area (TPSA) is 157 Å². The Bertz CT molecular complexity index is 1300. The maximum absolute atomic E-state index is 13.6. The van der Waals surface area contributed by atoms with Crippen LogP contribution >= 0.6 is 0 Å². The molecule has 0 radical (unpaired) electrons. The average molecular weight is 699 g/mol. The zero-order chi connectivity index (χ0) is 35.1. The van der Waals surface area contributed by atoms with Crippen LogP contribution in [0.1, 0.15) is 162 Å². The maximum atomic E-state index is 13.6. The van der Waals surface area contributed by atoms with E-state index in [9.17, 15) is 18.0 Å². The number of urea groups is 1. The zero-order valence-corrected chi connectivity index (χ0v) is 30.8. The summed E-state index contributed by atoms with van der Waals surface area (Å²) in [5.41, 5.74) is -1.01. The lowest BCUT2D eigenvalue weighted by molar-refractivity contribution is -0.172. The predicted octanol–water partition coefficient (Wildman–Crippen LogP) is 6.91. The molecule has 15 heteroatoms. The monoisotopic (exact) mass is 698 g/mol. The van der Waals surface area contributed by atoms with E-state index in [1.807, 2.05) is 20.8 Å². The van der Waals surface area contributed by atoms with Crippen molar-refractivity contribution < 1.29 is 35.7 Å². The fourth-order valence-electron chi connectivity index (χ4n) is 7.05. The highest BCUT2D eigenvalue weighted by atomic mass is 32.3. The summed E-state index contributed by atoms with van der Waals surface area (Å²) in [6, 6.07) is -1.57. The third-order valence-electron chi connectivity index (χ3n) is 9.58. The molecule has 14 nitrogen and oxygen atoms in total. The molecule has 3 fully saturated rings. The number of ether oxygens (including phenoxy) is 1. The number of carbonyl (C=O) groups excluding carboxylic acids is 2. The van der Waals surface area contributed by atoms with Crippen molar-refractivity contribution in [2.45, 2.75) is 174 Å². The molecule has 1 aliphatic carbocycles. The van der Waals surface area contributed by atoms with E-state index in [0.29, 0.717) is 44.0 Å². The van der Waals surface area contributed by atoms with Gasteiger partial charge in [0, 0.05) is 30.6 Å². The highest BCUT2D eigenvalue weighted by Gasteiger charge is 2.50. The largest absolute Gasteiger partial charge is 0.444 e. The second-order valence-electron chi connectivity index (χ2n) is 14.7. The first-order valence-electron chi connectivity index (χ1n) is 18.1. The van der Waals surface area contributed by atoms with Crippen molar-refractivity contribution in [3.63, 3.8) is 0 Å². The molecule has 1 saturated carbocycles. The number of hydrogen-bond donors (Lipinski definition) is 1. The van der Waals surface area contributed by atoms with Gasteiger partial charge in [0.1, 0.15) is 11.6 Å². The highest BCUT2D eigenvalue weighted by molar-refractivity contribution is 7.81. The first kappa shape index (κ1) is 38.3. The number of aromatic nitrogens is 2. The molecule has 0 spiro atoms. The lowest BCUT2D eigenvalue weighted by Crippen LogP contribution is -2.51. The van der Waals surface area contributed by atoms with Crippen LogP contribution in [0.3, 0.4) is 0 Å². The van der Waals surface area contributed by atoms with Crippen molar-refractivity contribution in [1.82, 2.24) is 30.5 Å². The van der Waals surface area contributed by atoms with Gasteiger partial charge in [0.2, 0.25) is 11.8 Å². The Balaban J connectivity index is 1.40. The Kier molecular flexibility index (Phi) is 13.2. The fourth-order valence-corrected chi connectivity index (χ4v) is 7.91.